The second-order valence-corrected chi connectivity index (χ2v) is 10.7. The largest absolute Gasteiger partial charge is 0.350 e. The highest BCUT2D eigenvalue weighted by Gasteiger charge is 2.34. The van der Waals surface area contributed by atoms with E-state index in [9.17, 15) is 13.2 Å². The third-order valence-corrected chi connectivity index (χ3v) is 7.76. The predicted octanol–water partition coefficient (Wildman–Crippen LogP) is 3.75. The van der Waals surface area contributed by atoms with Gasteiger partial charge in [0.2, 0.25) is 10.0 Å². The van der Waals surface area contributed by atoms with Crippen molar-refractivity contribution in [3.8, 4) is 11.3 Å². The van der Waals surface area contributed by atoms with E-state index in [1.807, 2.05) is 13.8 Å². The molecule has 1 aliphatic rings. The number of rotatable bonds is 6. The van der Waals surface area contributed by atoms with Crippen LogP contribution in [0.4, 0.5) is 0 Å². The molecule has 152 valence electrons. The first-order valence-corrected chi connectivity index (χ1v) is 11.9. The van der Waals surface area contributed by atoms with E-state index in [1.54, 1.807) is 24.3 Å². The Labute approximate surface area is 171 Å². The van der Waals surface area contributed by atoms with E-state index in [1.165, 1.54) is 15.6 Å². The Morgan fingerprint density at radius 3 is 2.68 bits per heavy atom. The quantitative estimate of drug-likeness (QED) is 0.770. The van der Waals surface area contributed by atoms with Crippen molar-refractivity contribution in [2.45, 2.75) is 45.6 Å². The molecule has 1 N–H and O–H groups in total. The Hall–Kier alpha value is -1.77. The van der Waals surface area contributed by atoms with Crippen LogP contribution in [0.1, 0.15) is 48.8 Å². The maximum Gasteiger partial charge on any atom is 0.280 e. The van der Waals surface area contributed by atoms with E-state index in [4.69, 9.17) is 0 Å². The smallest absolute Gasteiger partial charge is 0.280 e. The summed E-state index contributed by atoms with van der Waals surface area (Å²) >= 11 is 1.28. The molecule has 0 bridgehead atoms. The molecule has 2 aromatic rings. The second kappa shape index (κ2) is 8.31. The van der Waals surface area contributed by atoms with Gasteiger partial charge in [-0.25, -0.2) is 13.4 Å². The normalized spacial score (nSPS) is 16.9. The van der Waals surface area contributed by atoms with Gasteiger partial charge in [0.25, 0.3) is 5.91 Å². The molecule has 3 rings (SSSR count). The fraction of sp³-hybridized carbons (Fsp3) is 0.500. The molecule has 1 atom stereocenters. The van der Waals surface area contributed by atoms with Gasteiger partial charge in [0.05, 0.1) is 17.1 Å². The van der Waals surface area contributed by atoms with Gasteiger partial charge in [-0.1, -0.05) is 52.3 Å². The van der Waals surface area contributed by atoms with Gasteiger partial charge in [-0.2, -0.15) is 4.31 Å². The van der Waals surface area contributed by atoms with Crippen molar-refractivity contribution in [3.63, 3.8) is 0 Å². The van der Waals surface area contributed by atoms with E-state index >= 15 is 0 Å². The van der Waals surface area contributed by atoms with Gasteiger partial charge in [-0.3, -0.25) is 4.79 Å². The lowest BCUT2D eigenvalue weighted by Crippen LogP contribution is -2.32. The average molecular weight is 422 g/mol. The minimum absolute atomic E-state index is 0.190. The molecule has 1 aliphatic heterocycles. The van der Waals surface area contributed by atoms with Crippen LogP contribution in [0.2, 0.25) is 0 Å². The molecular formula is C20H27N3O3S2. The number of sulfonamides is 1. The number of hydrogen-bond donors (Lipinski definition) is 1. The molecule has 1 amide bonds. The van der Waals surface area contributed by atoms with Gasteiger partial charge in [0.1, 0.15) is 0 Å². The molecule has 0 spiro atoms. The number of carbonyl (C=O) groups excluding carboxylic acids is 1. The third-order valence-electron chi connectivity index (χ3n) is 4.85. The third kappa shape index (κ3) is 4.14. The minimum atomic E-state index is -3.61. The summed E-state index contributed by atoms with van der Waals surface area (Å²) in [7, 11) is -3.61. The van der Waals surface area contributed by atoms with Crippen molar-refractivity contribution in [1.29, 1.82) is 0 Å². The number of aromatic nitrogens is 1. The summed E-state index contributed by atoms with van der Waals surface area (Å²) in [5.41, 5.74) is 1.17. The predicted molar refractivity (Wildman–Crippen MR) is 112 cm³/mol. The lowest BCUT2D eigenvalue weighted by molar-refractivity contribution is 0.0947. The Morgan fingerprint density at radius 2 is 2.00 bits per heavy atom. The number of thiazole rings is 1. The fourth-order valence-electron chi connectivity index (χ4n) is 3.09. The number of carbonyl (C=O) groups is 1. The summed E-state index contributed by atoms with van der Waals surface area (Å²) in [4.78, 5) is 18.2. The van der Waals surface area contributed by atoms with Crippen molar-refractivity contribution >= 4 is 27.3 Å². The van der Waals surface area contributed by atoms with Crippen LogP contribution in [0.25, 0.3) is 11.3 Å². The molecule has 2 heterocycles. The number of hydrogen-bond acceptors (Lipinski definition) is 5. The van der Waals surface area contributed by atoms with Gasteiger partial charge >= 0.3 is 0 Å². The highest BCUT2D eigenvalue weighted by molar-refractivity contribution is 7.89. The number of benzene rings is 1. The summed E-state index contributed by atoms with van der Waals surface area (Å²) in [5, 5.41) is 3.32. The molecule has 1 aromatic heterocycles. The van der Waals surface area contributed by atoms with Gasteiger partial charge < -0.3 is 5.32 Å². The van der Waals surface area contributed by atoms with E-state index in [0.717, 1.165) is 11.3 Å². The van der Waals surface area contributed by atoms with Gasteiger partial charge in [0, 0.05) is 23.5 Å². The summed E-state index contributed by atoms with van der Waals surface area (Å²) in [6, 6.07) is 6.92. The molecule has 0 unspecified atom stereocenters. The molecule has 6 nitrogen and oxygen atoms in total. The van der Waals surface area contributed by atoms with E-state index in [-0.39, 0.29) is 23.3 Å². The lowest BCUT2D eigenvalue weighted by Gasteiger charge is -2.22. The zero-order valence-electron chi connectivity index (χ0n) is 16.7. The van der Waals surface area contributed by atoms with Gasteiger partial charge in [-0.05, 0) is 17.9 Å². The van der Waals surface area contributed by atoms with Crippen molar-refractivity contribution in [2.24, 2.45) is 11.8 Å². The van der Waals surface area contributed by atoms with Crippen LogP contribution in [0.15, 0.2) is 29.2 Å². The first kappa shape index (κ1) is 21.0. The zero-order chi connectivity index (χ0) is 20.5. The van der Waals surface area contributed by atoms with Crippen LogP contribution in [0.3, 0.4) is 0 Å². The maximum absolute atomic E-state index is 13.2. The summed E-state index contributed by atoms with van der Waals surface area (Å²) in [5.74, 6) is 0.387. The van der Waals surface area contributed by atoms with Crippen molar-refractivity contribution in [2.75, 3.05) is 13.1 Å². The molecule has 0 aliphatic carbocycles. The molecule has 0 saturated carbocycles. The van der Waals surface area contributed by atoms with Crippen LogP contribution >= 0.6 is 11.3 Å². The Morgan fingerprint density at radius 1 is 1.29 bits per heavy atom. The molecular weight excluding hydrogens is 394 g/mol. The number of nitrogens with zero attached hydrogens (tertiary/aromatic N) is 2. The monoisotopic (exact) mass is 421 g/mol. The molecule has 0 fully saturated rings. The number of nitrogens with one attached hydrogen (secondary N) is 1. The van der Waals surface area contributed by atoms with Crippen LogP contribution in [-0.4, -0.2) is 36.7 Å². The van der Waals surface area contributed by atoms with Crippen LogP contribution in [0, 0.1) is 11.8 Å². The van der Waals surface area contributed by atoms with Crippen LogP contribution < -0.4 is 5.32 Å². The standard InChI is InChI=1S/C20H27N3O3S2/c1-5-14(4)10-21-19(24)20-22-18-15-8-6-7-9-17(15)28(25,26)23(11-13(2)3)12-16(18)27-20/h6-9,13-14H,5,10-12H2,1-4H3,(H,21,24)/t14-/m1/s1. The first-order valence-electron chi connectivity index (χ1n) is 9.61. The van der Waals surface area contributed by atoms with Crippen molar-refractivity contribution < 1.29 is 13.2 Å². The zero-order valence-corrected chi connectivity index (χ0v) is 18.4. The molecule has 1 aromatic carbocycles. The summed E-state index contributed by atoms with van der Waals surface area (Å²) in [6.07, 6.45) is 0.990. The van der Waals surface area contributed by atoms with Gasteiger partial charge in [-0.15, -0.1) is 11.3 Å². The highest BCUT2D eigenvalue weighted by atomic mass is 32.2. The van der Waals surface area contributed by atoms with Crippen LogP contribution in [-0.2, 0) is 16.6 Å². The molecule has 0 saturated heterocycles. The first-order chi connectivity index (χ1) is 13.2. The molecule has 0 radical (unpaired) electrons. The molecule has 28 heavy (non-hydrogen) atoms. The maximum atomic E-state index is 13.2. The summed E-state index contributed by atoms with van der Waals surface area (Å²) < 4.78 is 27.9. The summed E-state index contributed by atoms with van der Waals surface area (Å²) in [6.45, 7) is 9.42. The van der Waals surface area contributed by atoms with Crippen molar-refractivity contribution in [1.82, 2.24) is 14.6 Å². The van der Waals surface area contributed by atoms with Gasteiger partial charge in [0.15, 0.2) is 5.01 Å². The fourth-order valence-corrected chi connectivity index (χ4v) is 5.95. The second-order valence-electron chi connectivity index (χ2n) is 7.70. The molecule has 8 heteroatoms. The Balaban J connectivity index is 2.02. The minimum Gasteiger partial charge on any atom is -0.350 e. The lowest BCUT2D eigenvalue weighted by atomic mass is 10.1. The topological polar surface area (TPSA) is 79.4 Å². The average Bonchev–Trinajstić information content (AvgIpc) is 3.05. The van der Waals surface area contributed by atoms with Crippen LogP contribution in [0.5, 0.6) is 0 Å². The Bertz CT molecular complexity index is 967. The van der Waals surface area contributed by atoms with E-state index < -0.39 is 10.0 Å². The SMILES string of the molecule is CC[C@@H](C)CNC(=O)c1nc2c(s1)CN(CC(C)C)S(=O)(=O)c1ccccc1-2. The highest BCUT2D eigenvalue weighted by Crippen LogP contribution is 2.39. The van der Waals surface area contributed by atoms with E-state index in [0.29, 0.717) is 35.3 Å². The number of fused-ring (bicyclic) bond motifs is 3. The Kier molecular flexibility index (Phi) is 6.21. The van der Waals surface area contributed by atoms with E-state index in [2.05, 4.69) is 24.1 Å². The number of amides is 1. The van der Waals surface area contributed by atoms with Crippen molar-refractivity contribution in [3.05, 3.63) is 34.2 Å².